The Morgan fingerprint density at radius 1 is 0.875 bits per heavy atom. The highest BCUT2D eigenvalue weighted by molar-refractivity contribution is 6.02. The molecular weight excluding hydrogens is 504 g/mol. The summed E-state index contributed by atoms with van der Waals surface area (Å²) in [6.45, 7) is 6.66. The third-order valence-corrected chi connectivity index (χ3v) is 11.0. The summed E-state index contributed by atoms with van der Waals surface area (Å²) in [5, 5.41) is 11.8. The maximum atomic E-state index is 13.8. The lowest BCUT2D eigenvalue weighted by molar-refractivity contribution is -0.233. The van der Waals surface area contributed by atoms with Gasteiger partial charge in [0.05, 0.1) is 35.9 Å². The second kappa shape index (κ2) is 9.99. The normalized spacial score (nSPS) is 36.4. The number of Topliss-reactive ketones (excluding diaryl/α,β-unsaturated/α-hetero) is 1. The molecule has 0 heterocycles. The molecule has 6 nitrogen and oxygen atoms in total. The van der Waals surface area contributed by atoms with Crippen LogP contribution in [0.4, 0.5) is 0 Å². The maximum absolute atomic E-state index is 13.8. The first-order valence-electron chi connectivity index (χ1n) is 14.6. The van der Waals surface area contributed by atoms with Crippen LogP contribution in [0.25, 0.3) is 0 Å². The molecule has 0 aliphatic heterocycles. The highest BCUT2D eigenvalue weighted by Gasteiger charge is 2.71. The summed E-state index contributed by atoms with van der Waals surface area (Å²) in [5.74, 6) is -0.873. The predicted molar refractivity (Wildman–Crippen MR) is 149 cm³/mol. The first-order valence-corrected chi connectivity index (χ1v) is 14.6. The van der Waals surface area contributed by atoms with Crippen LogP contribution < -0.4 is 0 Å². The van der Waals surface area contributed by atoms with E-state index < -0.39 is 22.3 Å². The molecule has 0 radical (unpaired) electrons. The molecule has 1 spiro atoms. The Labute approximate surface area is 235 Å². The summed E-state index contributed by atoms with van der Waals surface area (Å²) in [6.07, 6.45) is 4.34. The molecule has 7 atom stereocenters. The average molecular weight is 543 g/mol. The van der Waals surface area contributed by atoms with Crippen molar-refractivity contribution < 1.29 is 29.0 Å². The molecule has 40 heavy (non-hydrogen) atoms. The monoisotopic (exact) mass is 542 g/mol. The molecule has 2 aromatic carbocycles. The number of aliphatic hydroxyl groups excluding tert-OH is 1. The molecule has 5 saturated carbocycles. The van der Waals surface area contributed by atoms with E-state index in [1.807, 2.05) is 36.4 Å². The van der Waals surface area contributed by atoms with Gasteiger partial charge in [-0.25, -0.2) is 9.59 Å². The molecule has 5 aliphatic carbocycles. The van der Waals surface area contributed by atoms with E-state index >= 15 is 0 Å². The van der Waals surface area contributed by atoms with Gasteiger partial charge in [0.25, 0.3) is 0 Å². The Morgan fingerprint density at radius 3 is 2.10 bits per heavy atom. The molecule has 0 saturated heterocycles. The quantitative estimate of drug-likeness (QED) is 0.367. The number of esters is 2. The Morgan fingerprint density at radius 2 is 1.48 bits per heavy atom. The van der Waals surface area contributed by atoms with Gasteiger partial charge in [-0.15, -0.1) is 0 Å². The van der Waals surface area contributed by atoms with Crippen molar-refractivity contribution >= 4 is 17.7 Å². The predicted octanol–water partition coefficient (Wildman–Crippen LogP) is 5.80. The van der Waals surface area contributed by atoms with Crippen LogP contribution >= 0.6 is 0 Å². The largest absolute Gasteiger partial charge is 0.462 e. The van der Waals surface area contributed by atoms with Gasteiger partial charge in [0.1, 0.15) is 0 Å². The highest BCUT2D eigenvalue weighted by Crippen LogP contribution is 2.71. The van der Waals surface area contributed by atoms with Gasteiger partial charge in [0.15, 0.2) is 5.78 Å². The van der Waals surface area contributed by atoms with Crippen molar-refractivity contribution in [2.45, 2.75) is 58.0 Å². The smallest absolute Gasteiger partial charge is 0.338 e. The van der Waals surface area contributed by atoms with Gasteiger partial charge in [0, 0.05) is 10.8 Å². The minimum Gasteiger partial charge on any atom is -0.462 e. The summed E-state index contributed by atoms with van der Waals surface area (Å²) in [7, 11) is 0. The topological polar surface area (TPSA) is 89.9 Å². The van der Waals surface area contributed by atoms with Crippen molar-refractivity contribution in [3.8, 4) is 0 Å². The number of ketones is 1. The van der Waals surface area contributed by atoms with E-state index in [1.54, 1.807) is 24.3 Å². The van der Waals surface area contributed by atoms with E-state index in [-0.39, 0.29) is 48.7 Å². The lowest BCUT2D eigenvalue weighted by Crippen LogP contribution is -2.70. The molecular formula is C34H38O6. The fourth-order valence-electron chi connectivity index (χ4n) is 9.00. The van der Waals surface area contributed by atoms with Gasteiger partial charge in [-0.3, -0.25) is 4.79 Å². The van der Waals surface area contributed by atoms with Crippen LogP contribution in [0.15, 0.2) is 72.8 Å². The summed E-state index contributed by atoms with van der Waals surface area (Å²) in [6, 6.07) is 17.9. The van der Waals surface area contributed by atoms with Crippen LogP contribution in [0, 0.1) is 34.0 Å². The number of carbonyl (C=O) groups is 3. The van der Waals surface area contributed by atoms with Gasteiger partial charge < -0.3 is 14.6 Å². The second-order valence-electron chi connectivity index (χ2n) is 12.8. The lowest BCUT2D eigenvalue weighted by atomic mass is 9.35. The van der Waals surface area contributed by atoms with E-state index in [1.165, 1.54) is 0 Å². The Kier molecular flexibility index (Phi) is 6.73. The van der Waals surface area contributed by atoms with E-state index in [0.717, 1.165) is 32.1 Å². The van der Waals surface area contributed by atoms with Gasteiger partial charge in [-0.1, -0.05) is 56.3 Å². The SMILES string of the molecule is C=C1C(=O)C23CC[C@H]1CC2[C@]1(COC(=O)c2ccccc2)CCC[C@@](C)(COC(=O)c2ccccc2)C1C[C@H]3O. The van der Waals surface area contributed by atoms with E-state index in [0.29, 0.717) is 29.5 Å². The van der Waals surface area contributed by atoms with Crippen molar-refractivity contribution in [1.29, 1.82) is 0 Å². The summed E-state index contributed by atoms with van der Waals surface area (Å²) < 4.78 is 12.0. The number of aliphatic hydroxyl groups is 1. The molecule has 2 bridgehead atoms. The lowest BCUT2D eigenvalue weighted by Gasteiger charge is -2.68. The van der Waals surface area contributed by atoms with Crippen LogP contribution in [0.2, 0.25) is 0 Å². The molecule has 2 aromatic rings. The zero-order chi connectivity index (χ0) is 28.1. The molecule has 6 heteroatoms. The van der Waals surface area contributed by atoms with Crippen LogP contribution in [0.5, 0.6) is 0 Å². The number of rotatable bonds is 6. The van der Waals surface area contributed by atoms with E-state index in [9.17, 15) is 19.5 Å². The van der Waals surface area contributed by atoms with Gasteiger partial charge in [0.2, 0.25) is 0 Å². The standard InChI is InChI=1S/C34H38O6/c1-22-25-14-17-34(29(22)36)27(18-25)33(21-40-31(38)24-12-7-4-8-13-24)16-9-15-32(2,26(33)19-28(34)35)20-39-30(37)23-10-5-3-6-11-23/h3-8,10-13,25-28,35H,1,9,14-21H2,2H3/t25-,26?,27?,28+,32-,33-,34?/m0/s1. The van der Waals surface area contributed by atoms with E-state index in [2.05, 4.69) is 13.5 Å². The Balaban J connectivity index is 1.35. The summed E-state index contributed by atoms with van der Waals surface area (Å²) in [5.41, 5.74) is -0.203. The number of carbonyl (C=O) groups excluding carboxylic acids is 3. The fraction of sp³-hybridized carbons (Fsp3) is 0.500. The van der Waals surface area contributed by atoms with E-state index in [4.69, 9.17) is 9.47 Å². The molecule has 0 amide bonds. The fourth-order valence-corrected chi connectivity index (χ4v) is 9.00. The molecule has 7 rings (SSSR count). The zero-order valence-electron chi connectivity index (χ0n) is 23.1. The molecule has 3 unspecified atom stereocenters. The minimum absolute atomic E-state index is 0.00231. The first kappa shape index (κ1) is 26.9. The van der Waals surface area contributed by atoms with Gasteiger partial charge >= 0.3 is 11.9 Å². The van der Waals surface area contributed by atoms with Crippen molar-refractivity contribution in [3.05, 3.63) is 83.9 Å². The molecule has 1 N–H and O–H groups in total. The van der Waals surface area contributed by atoms with Gasteiger partial charge in [-0.05, 0) is 86.1 Å². The minimum atomic E-state index is -0.888. The molecule has 210 valence electrons. The third kappa shape index (κ3) is 4.06. The van der Waals surface area contributed by atoms with Crippen LogP contribution in [-0.2, 0) is 14.3 Å². The number of fused-ring (bicyclic) bond motifs is 3. The molecule has 5 fully saturated rings. The first-order chi connectivity index (χ1) is 19.2. The van der Waals surface area contributed by atoms with Crippen molar-refractivity contribution in [1.82, 2.24) is 0 Å². The van der Waals surface area contributed by atoms with Crippen molar-refractivity contribution in [3.63, 3.8) is 0 Å². The number of allylic oxidation sites excluding steroid dienone is 1. The number of benzene rings is 2. The third-order valence-electron chi connectivity index (χ3n) is 11.0. The number of hydrogen-bond acceptors (Lipinski definition) is 6. The molecule has 5 aliphatic rings. The maximum Gasteiger partial charge on any atom is 0.338 e. The Bertz CT molecular complexity index is 1320. The van der Waals surface area contributed by atoms with Crippen molar-refractivity contribution in [2.75, 3.05) is 13.2 Å². The average Bonchev–Trinajstić information content (AvgIpc) is 2.99. The number of hydrogen-bond donors (Lipinski definition) is 1. The highest BCUT2D eigenvalue weighted by atomic mass is 16.5. The van der Waals surface area contributed by atoms with Crippen LogP contribution in [0.3, 0.4) is 0 Å². The van der Waals surface area contributed by atoms with Crippen LogP contribution in [-0.4, -0.2) is 42.1 Å². The zero-order valence-corrected chi connectivity index (χ0v) is 23.1. The van der Waals surface area contributed by atoms with Crippen molar-refractivity contribution in [2.24, 2.45) is 34.0 Å². The van der Waals surface area contributed by atoms with Gasteiger partial charge in [-0.2, -0.15) is 0 Å². The molecule has 0 aromatic heterocycles. The van der Waals surface area contributed by atoms with Crippen LogP contribution in [0.1, 0.15) is 72.6 Å². The second-order valence-corrected chi connectivity index (χ2v) is 12.8. The summed E-state index contributed by atoms with van der Waals surface area (Å²) >= 11 is 0. The number of ether oxygens (including phenoxy) is 2. The Hall–Kier alpha value is -3.25. The summed E-state index contributed by atoms with van der Waals surface area (Å²) in [4.78, 5) is 39.9.